The van der Waals surface area contributed by atoms with Crippen molar-refractivity contribution in [3.8, 4) is 11.8 Å². The molecule has 13 heavy (non-hydrogen) atoms. The Bertz CT molecular complexity index is 377. The highest BCUT2D eigenvalue weighted by molar-refractivity contribution is 6.19. The summed E-state index contributed by atoms with van der Waals surface area (Å²) in [6.07, 6.45) is 1.43. The fourth-order valence-electron chi connectivity index (χ4n) is 0.721. The summed E-state index contributed by atoms with van der Waals surface area (Å²) in [5.41, 5.74) is -0.379. The fourth-order valence-corrected chi connectivity index (χ4v) is 0.815. The SMILES string of the molecule is O=c1nccc(NCC#CCCl)[nH]1. The van der Waals surface area contributed by atoms with Crippen LogP contribution in [0.5, 0.6) is 0 Å². The molecule has 1 aromatic rings. The maximum absolute atomic E-state index is 10.7. The van der Waals surface area contributed by atoms with Crippen molar-refractivity contribution < 1.29 is 0 Å². The zero-order chi connectivity index (χ0) is 9.52. The quantitative estimate of drug-likeness (QED) is 0.534. The molecule has 4 nitrogen and oxygen atoms in total. The molecule has 0 aliphatic heterocycles. The van der Waals surface area contributed by atoms with E-state index in [-0.39, 0.29) is 5.69 Å². The highest BCUT2D eigenvalue weighted by atomic mass is 35.5. The van der Waals surface area contributed by atoms with Gasteiger partial charge in [0, 0.05) is 6.20 Å². The Hall–Kier alpha value is -1.47. The van der Waals surface area contributed by atoms with Crippen LogP contribution in [0.1, 0.15) is 0 Å². The van der Waals surface area contributed by atoms with Crippen LogP contribution in [-0.2, 0) is 0 Å². The highest BCUT2D eigenvalue weighted by Gasteiger charge is 1.88. The number of hydrogen-bond donors (Lipinski definition) is 2. The molecule has 0 unspecified atom stereocenters. The lowest BCUT2D eigenvalue weighted by Crippen LogP contribution is -2.12. The number of rotatable bonds is 2. The Balaban J connectivity index is 2.50. The van der Waals surface area contributed by atoms with E-state index in [2.05, 4.69) is 27.1 Å². The third-order valence-corrected chi connectivity index (χ3v) is 1.37. The third-order valence-electron chi connectivity index (χ3n) is 1.23. The first-order valence-corrected chi connectivity index (χ1v) is 4.17. The molecule has 0 saturated carbocycles. The molecule has 0 atom stereocenters. The fraction of sp³-hybridized carbons (Fsp3) is 0.250. The number of aromatic amines is 1. The van der Waals surface area contributed by atoms with Crippen LogP contribution < -0.4 is 11.0 Å². The molecule has 0 spiro atoms. The van der Waals surface area contributed by atoms with Gasteiger partial charge >= 0.3 is 5.69 Å². The van der Waals surface area contributed by atoms with Gasteiger partial charge in [0.05, 0.1) is 12.4 Å². The molecule has 0 aromatic carbocycles. The zero-order valence-electron chi connectivity index (χ0n) is 6.80. The second-order valence-corrected chi connectivity index (χ2v) is 2.40. The lowest BCUT2D eigenvalue weighted by Gasteiger charge is -1.98. The van der Waals surface area contributed by atoms with Gasteiger partial charge in [-0.1, -0.05) is 11.8 Å². The van der Waals surface area contributed by atoms with Gasteiger partial charge in [-0.05, 0) is 6.07 Å². The average Bonchev–Trinajstić information content (AvgIpc) is 2.13. The van der Waals surface area contributed by atoms with Gasteiger partial charge in [-0.15, -0.1) is 11.6 Å². The summed E-state index contributed by atoms with van der Waals surface area (Å²) in [7, 11) is 0. The van der Waals surface area contributed by atoms with Crippen molar-refractivity contribution in [1.29, 1.82) is 0 Å². The minimum absolute atomic E-state index is 0.314. The Morgan fingerprint density at radius 3 is 3.15 bits per heavy atom. The Morgan fingerprint density at radius 2 is 2.46 bits per heavy atom. The van der Waals surface area contributed by atoms with Crippen LogP contribution in [-0.4, -0.2) is 22.4 Å². The van der Waals surface area contributed by atoms with E-state index in [0.29, 0.717) is 18.2 Å². The lowest BCUT2D eigenvalue weighted by atomic mass is 10.5. The van der Waals surface area contributed by atoms with E-state index in [1.807, 2.05) is 0 Å². The summed E-state index contributed by atoms with van der Waals surface area (Å²) in [6, 6.07) is 1.66. The first-order valence-electron chi connectivity index (χ1n) is 3.64. The van der Waals surface area contributed by atoms with Gasteiger partial charge in [-0.3, -0.25) is 4.98 Å². The van der Waals surface area contributed by atoms with Crippen LogP contribution in [0.15, 0.2) is 17.1 Å². The predicted octanol–water partition coefficient (Wildman–Crippen LogP) is 0.424. The van der Waals surface area contributed by atoms with Crippen molar-refractivity contribution in [3.05, 3.63) is 22.7 Å². The first-order chi connectivity index (χ1) is 6.33. The summed E-state index contributed by atoms with van der Waals surface area (Å²) in [5.74, 6) is 6.36. The van der Waals surface area contributed by atoms with Gasteiger partial charge < -0.3 is 5.32 Å². The lowest BCUT2D eigenvalue weighted by molar-refractivity contribution is 1.07. The van der Waals surface area contributed by atoms with Gasteiger partial charge in [0.2, 0.25) is 0 Å². The number of nitrogens with zero attached hydrogens (tertiary/aromatic N) is 1. The summed E-state index contributed by atoms with van der Waals surface area (Å²) >= 11 is 5.34. The Kier molecular flexibility index (Phi) is 3.86. The van der Waals surface area contributed by atoms with Crippen LogP contribution >= 0.6 is 11.6 Å². The standard InChI is InChI=1S/C8H8ClN3O/c9-4-1-2-5-10-7-3-6-11-8(13)12-7/h3,6H,4-5H2,(H2,10,11,12,13). The second kappa shape index (κ2) is 5.22. The van der Waals surface area contributed by atoms with E-state index in [0.717, 1.165) is 0 Å². The van der Waals surface area contributed by atoms with Gasteiger partial charge in [0.15, 0.2) is 0 Å². The summed E-state index contributed by atoms with van der Waals surface area (Å²) in [4.78, 5) is 16.7. The van der Waals surface area contributed by atoms with E-state index in [4.69, 9.17) is 11.6 Å². The number of alkyl halides is 1. The molecular weight excluding hydrogens is 190 g/mol. The zero-order valence-corrected chi connectivity index (χ0v) is 7.56. The molecule has 0 bridgehead atoms. The average molecular weight is 198 g/mol. The number of H-pyrrole nitrogens is 1. The molecule has 0 aliphatic carbocycles. The number of anilines is 1. The van der Waals surface area contributed by atoms with Crippen LogP contribution in [0.4, 0.5) is 5.82 Å². The van der Waals surface area contributed by atoms with Crippen LogP contribution in [0.25, 0.3) is 0 Å². The molecule has 0 saturated heterocycles. The monoisotopic (exact) mass is 197 g/mol. The van der Waals surface area contributed by atoms with E-state index in [9.17, 15) is 4.79 Å². The van der Waals surface area contributed by atoms with Gasteiger partial charge in [-0.25, -0.2) is 9.78 Å². The summed E-state index contributed by atoms with van der Waals surface area (Å²) in [6.45, 7) is 0.451. The molecule has 68 valence electrons. The second-order valence-electron chi connectivity index (χ2n) is 2.13. The van der Waals surface area contributed by atoms with Crippen LogP contribution in [0.3, 0.4) is 0 Å². The molecule has 0 radical (unpaired) electrons. The minimum atomic E-state index is -0.379. The minimum Gasteiger partial charge on any atom is -0.361 e. The van der Waals surface area contributed by atoms with Crippen molar-refractivity contribution >= 4 is 17.4 Å². The topological polar surface area (TPSA) is 57.8 Å². The van der Waals surface area contributed by atoms with Crippen LogP contribution in [0, 0.1) is 11.8 Å². The molecule has 1 aromatic heterocycles. The number of halogens is 1. The Morgan fingerprint density at radius 1 is 1.62 bits per heavy atom. The van der Waals surface area contributed by atoms with E-state index in [1.165, 1.54) is 6.20 Å². The normalized spacial score (nSPS) is 8.69. The molecule has 0 fully saturated rings. The number of nitrogens with one attached hydrogen (secondary N) is 2. The number of aromatic nitrogens is 2. The molecule has 0 aliphatic rings. The van der Waals surface area contributed by atoms with E-state index >= 15 is 0 Å². The van der Waals surface area contributed by atoms with Crippen molar-refractivity contribution in [2.24, 2.45) is 0 Å². The van der Waals surface area contributed by atoms with Crippen molar-refractivity contribution in [1.82, 2.24) is 9.97 Å². The molecular formula is C8H8ClN3O. The molecule has 1 heterocycles. The van der Waals surface area contributed by atoms with E-state index in [1.54, 1.807) is 6.07 Å². The Labute approximate surface area is 80.3 Å². The highest BCUT2D eigenvalue weighted by Crippen LogP contribution is 1.93. The van der Waals surface area contributed by atoms with Gasteiger partial charge in [-0.2, -0.15) is 0 Å². The van der Waals surface area contributed by atoms with Gasteiger partial charge in [0.25, 0.3) is 0 Å². The van der Waals surface area contributed by atoms with Gasteiger partial charge in [0.1, 0.15) is 5.82 Å². The summed E-state index contributed by atoms with van der Waals surface area (Å²) < 4.78 is 0. The molecule has 0 amide bonds. The largest absolute Gasteiger partial charge is 0.361 e. The molecule has 5 heteroatoms. The van der Waals surface area contributed by atoms with E-state index < -0.39 is 0 Å². The summed E-state index contributed by atoms with van der Waals surface area (Å²) in [5, 5.41) is 2.89. The third kappa shape index (κ3) is 3.63. The van der Waals surface area contributed by atoms with Crippen molar-refractivity contribution in [2.45, 2.75) is 0 Å². The number of hydrogen-bond acceptors (Lipinski definition) is 3. The van der Waals surface area contributed by atoms with Crippen molar-refractivity contribution in [2.75, 3.05) is 17.7 Å². The first kappa shape index (κ1) is 9.62. The van der Waals surface area contributed by atoms with Crippen molar-refractivity contribution in [3.63, 3.8) is 0 Å². The van der Waals surface area contributed by atoms with Crippen LogP contribution in [0.2, 0.25) is 0 Å². The maximum atomic E-state index is 10.7. The predicted molar refractivity (Wildman–Crippen MR) is 51.8 cm³/mol. The smallest absolute Gasteiger partial charge is 0.346 e. The molecule has 1 rings (SSSR count). The molecule has 2 N–H and O–H groups in total. The maximum Gasteiger partial charge on any atom is 0.346 e.